The molecule has 0 saturated carbocycles. The van der Waals surface area contributed by atoms with E-state index in [-0.39, 0.29) is 11.1 Å². The van der Waals surface area contributed by atoms with E-state index in [0.717, 1.165) is 5.56 Å². The molecule has 7 heteroatoms. The summed E-state index contributed by atoms with van der Waals surface area (Å²) < 4.78 is 10.7. The first-order valence-corrected chi connectivity index (χ1v) is 8.50. The topological polar surface area (TPSA) is 109 Å². The van der Waals surface area contributed by atoms with Gasteiger partial charge in [-0.25, -0.2) is 4.79 Å². The molecule has 0 bridgehead atoms. The fraction of sp³-hybridized carbons (Fsp3) is 0.143. The van der Waals surface area contributed by atoms with E-state index in [1.807, 2.05) is 0 Å². The summed E-state index contributed by atoms with van der Waals surface area (Å²) in [6.07, 6.45) is 1.48. The number of rotatable bonds is 4. The number of furan rings is 1. The van der Waals surface area contributed by atoms with Gasteiger partial charge >= 0.3 is 5.97 Å². The largest absolute Gasteiger partial charge is 0.462 e. The Morgan fingerprint density at radius 1 is 1.18 bits per heavy atom. The summed E-state index contributed by atoms with van der Waals surface area (Å²) in [6, 6.07) is 11.9. The molecule has 1 aliphatic rings. The van der Waals surface area contributed by atoms with Crippen LogP contribution in [0.15, 0.2) is 57.5 Å². The van der Waals surface area contributed by atoms with Gasteiger partial charge < -0.3 is 9.15 Å². The van der Waals surface area contributed by atoms with Gasteiger partial charge in [0.1, 0.15) is 23.2 Å². The number of ether oxygens (including phenoxy) is 1. The van der Waals surface area contributed by atoms with Gasteiger partial charge in [-0.3, -0.25) is 14.9 Å². The van der Waals surface area contributed by atoms with Crippen molar-refractivity contribution in [1.29, 1.82) is 5.26 Å². The summed E-state index contributed by atoms with van der Waals surface area (Å²) in [5.41, 5.74) is 1.56. The van der Waals surface area contributed by atoms with Crippen LogP contribution in [0.25, 0.3) is 17.4 Å². The molecule has 2 amide bonds. The number of benzene rings is 1. The Kier molecular flexibility index (Phi) is 5.23. The summed E-state index contributed by atoms with van der Waals surface area (Å²) in [7, 11) is 0. The second kappa shape index (κ2) is 7.76. The highest BCUT2D eigenvalue weighted by atomic mass is 16.5. The van der Waals surface area contributed by atoms with Crippen molar-refractivity contribution in [2.75, 3.05) is 6.61 Å². The van der Waals surface area contributed by atoms with E-state index in [9.17, 15) is 14.4 Å². The number of nitrogens with one attached hydrogen (secondary N) is 1. The van der Waals surface area contributed by atoms with Crippen LogP contribution in [0.1, 0.15) is 30.0 Å². The zero-order valence-corrected chi connectivity index (χ0v) is 15.2. The van der Waals surface area contributed by atoms with E-state index in [1.54, 1.807) is 56.3 Å². The SMILES string of the molecule is CCOC(=O)c1ccc(-c2ccc(/C=C3\C(=O)NC(=O)C(C#N)=C3C)o2)cc1. The van der Waals surface area contributed by atoms with Gasteiger partial charge in [0.05, 0.1) is 12.2 Å². The van der Waals surface area contributed by atoms with Crippen molar-refractivity contribution in [2.24, 2.45) is 0 Å². The molecule has 0 spiro atoms. The van der Waals surface area contributed by atoms with Crippen LogP contribution in [0.3, 0.4) is 0 Å². The Balaban J connectivity index is 1.88. The molecule has 0 atom stereocenters. The van der Waals surface area contributed by atoms with E-state index in [2.05, 4.69) is 5.32 Å². The lowest BCUT2D eigenvalue weighted by Crippen LogP contribution is -2.37. The minimum atomic E-state index is -0.705. The Morgan fingerprint density at radius 3 is 2.54 bits per heavy atom. The molecule has 1 N–H and O–H groups in total. The minimum absolute atomic E-state index is 0.104. The average Bonchev–Trinajstić information content (AvgIpc) is 3.14. The Hall–Kier alpha value is -3.92. The first-order valence-electron chi connectivity index (χ1n) is 8.50. The van der Waals surface area contributed by atoms with E-state index in [1.165, 1.54) is 6.08 Å². The summed E-state index contributed by atoms with van der Waals surface area (Å²) in [5.74, 6) is -0.758. The molecule has 140 valence electrons. The number of nitriles is 1. The van der Waals surface area contributed by atoms with Gasteiger partial charge in [0.2, 0.25) is 0 Å². The molecule has 0 fully saturated rings. The second-order valence-corrected chi connectivity index (χ2v) is 5.95. The van der Waals surface area contributed by atoms with Crippen molar-refractivity contribution in [3.63, 3.8) is 0 Å². The van der Waals surface area contributed by atoms with Gasteiger partial charge in [0.15, 0.2) is 0 Å². The number of nitrogens with zero attached hydrogens (tertiary/aromatic N) is 1. The molecular weight excluding hydrogens is 360 g/mol. The van der Waals surface area contributed by atoms with Crippen LogP contribution in [0.2, 0.25) is 0 Å². The smallest absolute Gasteiger partial charge is 0.338 e. The molecule has 1 aliphatic heterocycles. The minimum Gasteiger partial charge on any atom is -0.462 e. The maximum absolute atomic E-state index is 12.1. The van der Waals surface area contributed by atoms with Crippen LogP contribution in [-0.4, -0.2) is 24.4 Å². The first kappa shape index (κ1) is 18.9. The van der Waals surface area contributed by atoms with Crippen LogP contribution in [0, 0.1) is 11.3 Å². The molecule has 28 heavy (non-hydrogen) atoms. The molecule has 0 unspecified atom stereocenters. The first-order chi connectivity index (χ1) is 13.4. The highest BCUT2D eigenvalue weighted by Crippen LogP contribution is 2.27. The molecular formula is C21H16N2O5. The Bertz CT molecular complexity index is 1060. The lowest BCUT2D eigenvalue weighted by molar-refractivity contribution is -0.126. The second-order valence-electron chi connectivity index (χ2n) is 5.95. The van der Waals surface area contributed by atoms with Crippen molar-refractivity contribution in [3.05, 3.63) is 64.4 Å². The van der Waals surface area contributed by atoms with E-state index in [4.69, 9.17) is 14.4 Å². The molecule has 2 heterocycles. The van der Waals surface area contributed by atoms with Gasteiger partial charge in [-0.15, -0.1) is 0 Å². The molecule has 7 nitrogen and oxygen atoms in total. The Morgan fingerprint density at radius 2 is 1.89 bits per heavy atom. The van der Waals surface area contributed by atoms with Crippen molar-refractivity contribution in [1.82, 2.24) is 5.32 Å². The van der Waals surface area contributed by atoms with Crippen molar-refractivity contribution < 1.29 is 23.5 Å². The van der Waals surface area contributed by atoms with Gasteiger partial charge in [0, 0.05) is 11.1 Å². The standard InChI is InChI=1S/C21H16N2O5/c1-3-27-21(26)14-6-4-13(5-7-14)18-9-8-15(28-18)10-16-12(2)17(11-22)20(25)23-19(16)24/h4-10H,3H2,1-2H3,(H,23,24,25)/b16-10-. The van der Waals surface area contributed by atoms with Gasteiger partial charge in [-0.2, -0.15) is 5.26 Å². The monoisotopic (exact) mass is 376 g/mol. The van der Waals surface area contributed by atoms with E-state index in [0.29, 0.717) is 29.3 Å². The van der Waals surface area contributed by atoms with Crippen LogP contribution in [-0.2, 0) is 14.3 Å². The molecule has 1 aromatic carbocycles. The highest BCUT2D eigenvalue weighted by molar-refractivity contribution is 6.19. The maximum atomic E-state index is 12.1. The maximum Gasteiger partial charge on any atom is 0.338 e. The molecule has 0 radical (unpaired) electrons. The van der Waals surface area contributed by atoms with Gasteiger partial charge in [-0.05, 0) is 49.8 Å². The number of amides is 2. The number of hydrogen-bond acceptors (Lipinski definition) is 6. The average molecular weight is 376 g/mol. The number of imide groups is 1. The summed E-state index contributed by atoms with van der Waals surface area (Å²) in [5, 5.41) is 11.2. The molecule has 0 aliphatic carbocycles. The molecule has 1 aromatic heterocycles. The van der Waals surface area contributed by atoms with Crippen LogP contribution in [0.4, 0.5) is 0 Å². The third-order valence-corrected chi connectivity index (χ3v) is 4.18. The quantitative estimate of drug-likeness (QED) is 0.499. The van der Waals surface area contributed by atoms with Crippen LogP contribution >= 0.6 is 0 Å². The van der Waals surface area contributed by atoms with Crippen molar-refractivity contribution in [2.45, 2.75) is 13.8 Å². The zero-order valence-electron chi connectivity index (χ0n) is 15.2. The zero-order chi connectivity index (χ0) is 20.3. The van der Waals surface area contributed by atoms with Gasteiger partial charge in [-0.1, -0.05) is 12.1 Å². The number of carbonyl (C=O) groups excluding carboxylic acids is 3. The third kappa shape index (κ3) is 3.62. The van der Waals surface area contributed by atoms with E-state index < -0.39 is 17.8 Å². The lowest BCUT2D eigenvalue weighted by Gasteiger charge is -2.15. The summed E-state index contributed by atoms with van der Waals surface area (Å²) >= 11 is 0. The van der Waals surface area contributed by atoms with Crippen LogP contribution in [0.5, 0.6) is 0 Å². The molecule has 0 saturated heterocycles. The highest BCUT2D eigenvalue weighted by Gasteiger charge is 2.27. The van der Waals surface area contributed by atoms with E-state index >= 15 is 0 Å². The number of carbonyl (C=O) groups is 3. The predicted molar refractivity (Wildman–Crippen MR) is 99.5 cm³/mol. The van der Waals surface area contributed by atoms with Crippen molar-refractivity contribution >= 4 is 23.9 Å². The third-order valence-electron chi connectivity index (χ3n) is 4.18. The molecule has 3 rings (SSSR count). The molecule has 2 aromatic rings. The number of esters is 1. The summed E-state index contributed by atoms with van der Waals surface area (Å²) in [4.78, 5) is 35.4. The lowest BCUT2D eigenvalue weighted by atomic mass is 9.96. The predicted octanol–water partition coefficient (Wildman–Crippen LogP) is 3.00. The Labute approximate surface area is 160 Å². The fourth-order valence-corrected chi connectivity index (χ4v) is 2.73. The summed E-state index contributed by atoms with van der Waals surface area (Å²) in [6.45, 7) is 3.58. The van der Waals surface area contributed by atoms with Crippen LogP contribution < -0.4 is 5.32 Å². The normalized spacial score (nSPS) is 15.4. The fourth-order valence-electron chi connectivity index (χ4n) is 2.73. The van der Waals surface area contributed by atoms with Gasteiger partial charge in [0.25, 0.3) is 11.8 Å². The van der Waals surface area contributed by atoms with Crippen molar-refractivity contribution in [3.8, 4) is 17.4 Å². The number of hydrogen-bond donors (Lipinski definition) is 1.